The lowest BCUT2D eigenvalue weighted by atomic mass is 10.1. The number of halogens is 3. The van der Waals surface area contributed by atoms with Crippen molar-refractivity contribution in [2.24, 2.45) is 0 Å². The molecule has 202 valence electrons. The molecule has 0 unspecified atom stereocenters. The molecule has 2 aromatic carbocycles. The van der Waals surface area contributed by atoms with E-state index in [1.165, 1.54) is 12.1 Å². The lowest BCUT2D eigenvalue weighted by Crippen LogP contribution is -2.24. The highest BCUT2D eigenvalue weighted by molar-refractivity contribution is 5.94. The van der Waals surface area contributed by atoms with E-state index < -0.39 is 17.6 Å². The smallest absolute Gasteiger partial charge is 0.352 e. The van der Waals surface area contributed by atoms with E-state index in [1.54, 1.807) is 42.9 Å². The summed E-state index contributed by atoms with van der Waals surface area (Å²) in [6.07, 6.45) is 0.482. The van der Waals surface area contributed by atoms with Crippen LogP contribution in [0.3, 0.4) is 0 Å². The molecule has 3 rings (SSSR count). The summed E-state index contributed by atoms with van der Waals surface area (Å²) in [5, 5.41) is 17.2. The number of alkyl halides is 3. The number of rotatable bonds is 12. The quantitative estimate of drug-likeness (QED) is 0.119. The molecule has 38 heavy (non-hydrogen) atoms. The van der Waals surface area contributed by atoms with Gasteiger partial charge in [0.25, 0.3) is 5.91 Å². The van der Waals surface area contributed by atoms with Gasteiger partial charge in [-0.3, -0.25) is 14.8 Å². The highest BCUT2D eigenvalue weighted by atomic mass is 19.4. The zero-order valence-corrected chi connectivity index (χ0v) is 20.7. The first-order chi connectivity index (χ1) is 18.2. The Bertz CT molecular complexity index is 1240. The van der Waals surface area contributed by atoms with Crippen LogP contribution in [-0.2, 0) is 11.0 Å². The summed E-state index contributed by atoms with van der Waals surface area (Å²) in [4.78, 5) is 31.9. The second kappa shape index (κ2) is 13.4. The number of aromatic nitrogens is 2. The van der Waals surface area contributed by atoms with Crippen molar-refractivity contribution in [1.29, 1.82) is 0 Å². The van der Waals surface area contributed by atoms with E-state index >= 15 is 0 Å². The lowest BCUT2D eigenvalue weighted by molar-refractivity contribution is -0.137. The van der Waals surface area contributed by atoms with Crippen LogP contribution in [0.4, 0.5) is 36.3 Å². The Morgan fingerprint density at radius 3 is 2.39 bits per heavy atom. The molecule has 3 aromatic rings. The Morgan fingerprint density at radius 2 is 1.68 bits per heavy atom. The number of anilines is 4. The molecule has 2 amide bonds. The van der Waals surface area contributed by atoms with E-state index in [4.69, 9.17) is 5.21 Å². The molecule has 12 heteroatoms. The fourth-order valence-corrected chi connectivity index (χ4v) is 3.50. The first kappa shape index (κ1) is 28.4. The molecule has 0 saturated carbocycles. The summed E-state index contributed by atoms with van der Waals surface area (Å²) < 4.78 is 39.0. The minimum Gasteiger partial charge on any atom is -0.352 e. The second-order valence-electron chi connectivity index (χ2n) is 8.59. The number of nitrogens with one attached hydrogen (secondary N) is 4. The Kier molecular flexibility index (Phi) is 9.99. The maximum absolute atomic E-state index is 13.0. The number of nitrogens with zero attached hydrogens (tertiary/aromatic N) is 2. The van der Waals surface area contributed by atoms with Crippen molar-refractivity contribution in [3.8, 4) is 0 Å². The molecule has 0 aliphatic rings. The summed E-state index contributed by atoms with van der Waals surface area (Å²) >= 11 is 0. The molecular weight excluding hydrogens is 501 g/mol. The Hall–Kier alpha value is -4.19. The zero-order valence-electron chi connectivity index (χ0n) is 20.7. The van der Waals surface area contributed by atoms with Gasteiger partial charge in [-0.15, -0.1) is 0 Å². The fourth-order valence-electron chi connectivity index (χ4n) is 3.50. The number of hydrogen-bond donors (Lipinski definition) is 5. The summed E-state index contributed by atoms with van der Waals surface area (Å²) in [5.41, 5.74) is 2.83. The first-order valence-corrected chi connectivity index (χ1v) is 12.0. The number of amides is 2. The van der Waals surface area contributed by atoms with Crippen LogP contribution in [0.5, 0.6) is 0 Å². The molecule has 0 atom stereocenters. The van der Waals surface area contributed by atoms with Gasteiger partial charge in [0.05, 0.1) is 5.56 Å². The number of aryl methyl sites for hydroxylation is 1. The number of unbranched alkanes of at least 4 members (excludes halogenated alkanes) is 3. The Labute approximate surface area is 217 Å². The third-order valence-corrected chi connectivity index (χ3v) is 5.57. The number of hydrogen-bond acceptors (Lipinski definition) is 7. The van der Waals surface area contributed by atoms with Crippen LogP contribution in [0.2, 0.25) is 0 Å². The van der Waals surface area contributed by atoms with Crippen molar-refractivity contribution in [2.45, 2.75) is 45.2 Å². The molecule has 0 radical (unpaired) electrons. The molecule has 0 spiro atoms. The van der Waals surface area contributed by atoms with Gasteiger partial charge in [0.15, 0.2) is 0 Å². The van der Waals surface area contributed by atoms with E-state index in [1.807, 2.05) is 0 Å². The molecule has 0 aliphatic heterocycles. The summed E-state index contributed by atoms with van der Waals surface area (Å²) in [7, 11) is 0. The predicted octanol–water partition coefficient (Wildman–Crippen LogP) is 5.48. The largest absolute Gasteiger partial charge is 0.416 e. The van der Waals surface area contributed by atoms with E-state index in [2.05, 4.69) is 25.9 Å². The highest BCUT2D eigenvalue weighted by Gasteiger charge is 2.30. The van der Waals surface area contributed by atoms with Gasteiger partial charge in [-0.25, -0.2) is 10.5 Å². The normalized spacial score (nSPS) is 11.1. The van der Waals surface area contributed by atoms with Crippen molar-refractivity contribution in [3.63, 3.8) is 0 Å². The number of carbonyl (C=O) groups excluding carboxylic acids is 2. The minimum atomic E-state index is -4.45. The van der Waals surface area contributed by atoms with Crippen LogP contribution in [-0.4, -0.2) is 33.5 Å². The standard InChI is InChI=1S/C26H29F3N6O3/c1-17-16-31-25(34-23(17)32-21-8-6-7-19(15-21)26(27,28)29)33-20-12-10-18(11-13-20)24(37)30-14-5-3-2-4-9-22(36)35-38/h6-8,10-13,15-16,38H,2-5,9,14H2,1H3,(H,30,37)(H,35,36)(H2,31,32,33,34). The average Bonchev–Trinajstić information content (AvgIpc) is 2.90. The molecule has 1 aromatic heterocycles. The minimum absolute atomic E-state index is 0.213. The van der Waals surface area contributed by atoms with Gasteiger partial charge >= 0.3 is 6.18 Å². The van der Waals surface area contributed by atoms with E-state index in [-0.39, 0.29) is 24.0 Å². The monoisotopic (exact) mass is 530 g/mol. The zero-order chi connectivity index (χ0) is 27.5. The summed E-state index contributed by atoms with van der Waals surface area (Å²) in [5.74, 6) is -0.0268. The number of benzene rings is 2. The van der Waals surface area contributed by atoms with Gasteiger partial charge < -0.3 is 16.0 Å². The predicted molar refractivity (Wildman–Crippen MR) is 137 cm³/mol. The topological polar surface area (TPSA) is 128 Å². The van der Waals surface area contributed by atoms with Crippen LogP contribution < -0.4 is 21.4 Å². The van der Waals surface area contributed by atoms with Crippen molar-refractivity contribution >= 4 is 35.0 Å². The van der Waals surface area contributed by atoms with Crippen LogP contribution in [0.15, 0.2) is 54.7 Å². The number of carbonyl (C=O) groups is 2. The lowest BCUT2D eigenvalue weighted by Gasteiger charge is -2.13. The van der Waals surface area contributed by atoms with Gasteiger partial charge in [0.2, 0.25) is 11.9 Å². The molecule has 0 bridgehead atoms. The van der Waals surface area contributed by atoms with Crippen molar-refractivity contribution in [1.82, 2.24) is 20.8 Å². The van der Waals surface area contributed by atoms with Crippen LogP contribution >= 0.6 is 0 Å². The van der Waals surface area contributed by atoms with Gasteiger partial charge in [-0.2, -0.15) is 18.2 Å². The highest BCUT2D eigenvalue weighted by Crippen LogP contribution is 2.31. The van der Waals surface area contributed by atoms with E-state index in [0.717, 1.165) is 31.4 Å². The SMILES string of the molecule is Cc1cnc(Nc2ccc(C(=O)NCCCCCCC(=O)NO)cc2)nc1Nc1cccc(C(F)(F)F)c1. The third-order valence-electron chi connectivity index (χ3n) is 5.57. The van der Waals surface area contributed by atoms with Gasteiger partial charge in [0.1, 0.15) is 5.82 Å². The van der Waals surface area contributed by atoms with Crippen LogP contribution in [0.25, 0.3) is 0 Å². The van der Waals surface area contributed by atoms with Crippen molar-refractivity contribution in [2.75, 3.05) is 17.2 Å². The molecule has 5 N–H and O–H groups in total. The molecule has 0 aliphatic carbocycles. The van der Waals surface area contributed by atoms with E-state index in [0.29, 0.717) is 35.6 Å². The van der Waals surface area contributed by atoms with Gasteiger partial charge in [-0.1, -0.05) is 18.9 Å². The van der Waals surface area contributed by atoms with Gasteiger partial charge in [0, 0.05) is 41.7 Å². The molecular formula is C26H29F3N6O3. The van der Waals surface area contributed by atoms with Crippen molar-refractivity contribution in [3.05, 3.63) is 71.4 Å². The molecule has 0 saturated heterocycles. The summed E-state index contributed by atoms with van der Waals surface area (Å²) in [6.45, 7) is 2.24. The Balaban J connectivity index is 1.51. The number of hydroxylamine groups is 1. The maximum atomic E-state index is 13.0. The molecule has 1 heterocycles. The third kappa shape index (κ3) is 8.73. The summed E-state index contributed by atoms with van der Waals surface area (Å²) in [6, 6.07) is 11.6. The maximum Gasteiger partial charge on any atom is 0.416 e. The van der Waals surface area contributed by atoms with Crippen LogP contribution in [0.1, 0.15) is 53.6 Å². The fraction of sp³-hybridized carbons (Fsp3) is 0.308. The molecule has 9 nitrogen and oxygen atoms in total. The second-order valence-corrected chi connectivity index (χ2v) is 8.59. The van der Waals surface area contributed by atoms with Crippen molar-refractivity contribution < 1.29 is 28.0 Å². The molecule has 0 fully saturated rings. The Morgan fingerprint density at radius 1 is 0.947 bits per heavy atom. The van der Waals surface area contributed by atoms with Crippen LogP contribution in [0, 0.1) is 6.92 Å². The van der Waals surface area contributed by atoms with E-state index in [9.17, 15) is 22.8 Å². The van der Waals surface area contributed by atoms with Gasteiger partial charge in [-0.05, 0) is 62.2 Å². The average molecular weight is 531 g/mol. The first-order valence-electron chi connectivity index (χ1n) is 12.0.